The van der Waals surface area contributed by atoms with Crippen LogP contribution in [0.3, 0.4) is 0 Å². The van der Waals surface area contributed by atoms with Crippen molar-refractivity contribution in [1.82, 2.24) is 4.31 Å². The van der Waals surface area contributed by atoms with Gasteiger partial charge in [0.15, 0.2) is 0 Å². The molecule has 1 unspecified atom stereocenters. The smallest absolute Gasteiger partial charge is 0.345 e. The topological polar surface area (TPSA) is 94.9 Å². The fourth-order valence-electron chi connectivity index (χ4n) is 1.88. The maximum absolute atomic E-state index is 12.4. The van der Waals surface area contributed by atoms with E-state index in [2.05, 4.69) is 15.9 Å². The van der Waals surface area contributed by atoms with E-state index in [0.717, 1.165) is 17.4 Å². The zero-order chi connectivity index (χ0) is 14.4. The van der Waals surface area contributed by atoms with Crippen molar-refractivity contribution in [3.05, 3.63) is 14.7 Å². The maximum atomic E-state index is 12.4. The number of hydrogen-bond donors (Lipinski definition) is 2. The van der Waals surface area contributed by atoms with Gasteiger partial charge in [-0.2, -0.15) is 4.31 Å². The lowest BCUT2D eigenvalue weighted by Gasteiger charge is -2.18. The molecule has 1 aliphatic rings. The lowest BCUT2D eigenvalue weighted by Crippen LogP contribution is -2.33. The molecule has 2 N–H and O–H groups in total. The Hall–Kier alpha value is -0.480. The van der Waals surface area contributed by atoms with Gasteiger partial charge < -0.3 is 10.2 Å². The Labute approximate surface area is 122 Å². The number of hydrogen-bond acceptors (Lipinski definition) is 5. The van der Waals surface area contributed by atoms with Crippen LogP contribution in [0.1, 0.15) is 23.0 Å². The number of nitrogens with zero attached hydrogens (tertiary/aromatic N) is 1. The van der Waals surface area contributed by atoms with Gasteiger partial charge in [0.2, 0.25) is 10.0 Å². The van der Waals surface area contributed by atoms with Crippen LogP contribution in [0, 0.1) is 0 Å². The third-order valence-electron chi connectivity index (χ3n) is 2.90. The molecule has 0 aliphatic carbocycles. The van der Waals surface area contributed by atoms with E-state index in [4.69, 9.17) is 5.11 Å². The van der Waals surface area contributed by atoms with Crippen LogP contribution in [-0.2, 0) is 10.0 Å². The summed E-state index contributed by atoms with van der Waals surface area (Å²) in [7, 11) is -3.78. The molecule has 0 spiro atoms. The highest BCUT2D eigenvalue weighted by Crippen LogP contribution is 2.35. The second-order valence-corrected chi connectivity index (χ2v) is 8.92. The van der Waals surface area contributed by atoms with E-state index >= 15 is 0 Å². The molecule has 0 saturated carbocycles. The minimum absolute atomic E-state index is 0.0139. The average molecular weight is 370 g/mol. The number of sulfonamides is 1. The first-order chi connectivity index (χ1) is 8.63. The maximum Gasteiger partial charge on any atom is 0.345 e. The van der Waals surface area contributed by atoms with Crippen LogP contribution in [0.2, 0.25) is 0 Å². The first kappa shape index (κ1) is 14.9. The van der Waals surface area contributed by atoms with Crippen molar-refractivity contribution in [2.45, 2.75) is 23.8 Å². The van der Waals surface area contributed by atoms with Gasteiger partial charge in [0, 0.05) is 13.1 Å². The summed E-state index contributed by atoms with van der Waals surface area (Å²) in [6.07, 6.45) is 0.361. The molecule has 106 valence electrons. The number of carbonyl (C=O) groups is 1. The summed E-state index contributed by atoms with van der Waals surface area (Å²) >= 11 is 3.94. The van der Waals surface area contributed by atoms with Crippen molar-refractivity contribution in [3.63, 3.8) is 0 Å². The molecule has 0 radical (unpaired) electrons. The molecule has 0 bridgehead atoms. The largest absolute Gasteiger partial charge is 0.477 e. The second kappa shape index (κ2) is 4.81. The molecular formula is C10H12BrNO5S2. The van der Waals surface area contributed by atoms with Crippen LogP contribution in [0.25, 0.3) is 0 Å². The van der Waals surface area contributed by atoms with Crippen LogP contribution in [0.15, 0.2) is 14.7 Å². The van der Waals surface area contributed by atoms with Gasteiger partial charge in [-0.15, -0.1) is 11.3 Å². The molecular weight excluding hydrogens is 358 g/mol. The van der Waals surface area contributed by atoms with Gasteiger partial charge in [-0.05, 0) is 35.3 Å². The minimum atomic E-state index is -3.78. The van der Waals surface area contributed by atoms with Gasteiger partial charge >= 0.3 is 5.97 Å². The monoisotopic (exact) mass is 369 g/mol. The Bertz CT molecular complexity index is 622. The number of β-amino-alcohol motifs (C(OH)–C–C–N with tert-alkyl or cyclic N) is 1. The lowest BCUT2D eigenvalue weighted by molar-refractivity contribution is 0.0701. The van der Waals surface area contributed by atoms with E-state index in [1.807, 2.05) is 0 Å². The molecule has 2 rings (SSSR count). The molecule has 1 saturated heterocycles. The number of halogens is 1. The Morgan fingerprint density at radius 1 is 1.58 bits per heavy atom. The van der Waals surface area contributed by atoms with Gasteiger partial charge in [0.25, 0.3) is 0 Å². The van der Waals surface area contributed by atoms with E-state index in [0.29, 0.717) is 6.42 Å². The van der Waals surface area contributed by atoms with Crippen LogP contribution in [0.4, 0.5) is 0 Å². The number of rotatable bonds is 3. The zero-order valence-corrected chi connectivity index (χ0v) is 13.2. The molecule has 1 atom stereocenters. The van der Waals surface area contributed by atoms with E-state index in [9.17, 15) is 18.3 Å². The quantitative estimate of drug-likeness (QED) is 0.838. The molecule has 1 aliphatic heterocycles. The summed E-state index contributed by atoms with van der Waals surface area (Å²) in [5, 5.41) is 18.7. The summed E-state index contributed by atoms with van der Waals surface area (Å²) in [4.78, 5) is 10.8. The first-order valence-corrected chi connectivity index (χ1v) is 8.44. The molecule has 1 fully saturated rings. The lowest BCUT2D eigenvalue weighted by atomic mass is 10.1. The first-order valence-electron chi connectivity index (χ1n) is 5.39. The number of aliphatic hydroxyl groups is 1. The molecule has 1 aromatic rings. The third-order valence-corrected chi connectivity index (χ3v) is 6.99. The highest BCUT2D eigenvalue weighted by Gasteiger charge is 2.39. The highest BCUT2D eigenvalue weighted by molar-refractivity contribution is 9.11. The predicted molar refractivity (Wildman–Crippen MR) is 73.0 cm³/mol. The van der Waals surface area contributed by atoms with Crippen molar-refractivity contribution < 1.29 is 23.4 Å². The van der Waals surface area contributed by atoms with E-state index in [1.54, 1.807) is 6.92 Å². The molecule has 0 aromatic carbocycles. The van der Waals surface area contributed by atoms with Crippen LogP contribution in [-0.4, -0.2) is 47.6 Å². The molecule has 2 heterocycles. The number of carboxylic acid groups (broad SMARTS) is 1. The Kier molecular flexibility index (Phi) is 3.78. The average Bonchev–Trinajstić information content (AvgIpc) is 2.82. The molecule has 1 aromatic heterocycles. The summed E-state index contributed by atoms with van der Waals surface area (Å²) in [6, 6.07) is 1.14. The summed E-state index contributed by atoms with van der Waals surface area (Å²) in [6.45, 7) is 1.81. The van der Waals surface area contributed by atoms with E-state index in [1.165, 1.54) is 4.31 Å². The van der Waals surface area contributed by atoms with Gasteiger partial charge in [-0.25, -0.2) is 13.2 Å². The Morgan fingerprint density at radius 2 is 2.21 bits per heavy atom. The predicted octanol–water partition coefficient (Wildman–Crippen LogP) is 1.35. The fourth-order valence-corrected chi connectivity index (χ4v) is 5.79. The van der Waals surface area contributed by atoms with Crippen molar-refractivity contribution >= 4 is 43.3 Å². The van der Waals surface area contributed by atoms with Gasteiger partial charge in [0.05, 0.1) is 9.39 Å². The van der Waals surface area contributed by atoms with Crippen molar-refractivity contribution in [2.75, 3.05) is 13.1 Å². The van der Waals surface area contributed by atoms with Crippen LogP contribution >= 0.6 is 27.3 Å². The van der Waals surface area contributed by atoms with E-state index < -0.39 is 21.6 Å². The third kappa shape index (κ3) is 2.84. The summed E-state index contributed by atoms with van der Waals surface area (Å²) < 4.78 is 26.2. The number of aromatic carboxylic acids is 1. The van der Waals surface area contributed by atoms with Gasteiger partial charge in [-0.3, -0.25) is 0 Å². The Morgan fingerprint density at radius 3 is 2.63 bits per heavy atom. The van der Waals surface area contributed by atoms with E-state index in [-0.39, 0.29) is 26.6 Å². The number of thiophene rings is 1. The molecule has 6 nitrogen and oxygen atoms in total. The number of carboxylic acids is 1. The zero-order valence-electron chi connectivity index (χ0n) is 9.96. The molecule has 19 heavy (non-hydrogen) atoms. The van der Waals surface area contributed by atoms with Gasteiger partial charge in [-0.1, -0.05) is 0 Å². The summed E-state index contributed by atoms with van der Waals surface area (Å²) in [5.74, 6) is -1.17. The van der Waals surface area contributed by atoms with Crippen LogP contribution in [0.5, 0.6) is 0 Å². The SMILES string of the molecule is CC1(O)CCN(S(=O)(=O)c2cc(C(=O)O)sc2Br)C1. The van der Waals surface area contributed by atoms with Crippen molar-refractivity contribution in [2.24, 2.45) is 0 Å². The second-order valence-electron chi connectivity index (χ2n) is 4.64. The normalized spacial score (nSPS) is 24.8. The summed E-state index contributed by atoms with van der Waals surface area (Å²) in [5.41, 5.74) is -1.04. The van der Waals surface area contributed by atoms with Gasteiger partial charge in [0.1, 0.15) is 9.77 Å². The Balaban J connectivity index is 2.38. The van der Waals surface area contributed by atoms with Crippen molar-refractivity contribution in [3.8, 4) is 0 Å². The molecule has 9 heteroatoms. The molecule has 0 amide bonds. The van der Waals surface area contributed by atoms with Crippen molar-refractivity contribution in [1.29, 1.82) is 0 Å². The minimum Gasteiger partial charge on any atom is -0.477 e. The standard InChI is InChI=1S/C10H12BrNO5S2/c1-10(15)2-3-12(5-10)19(16,17)7-4-6(9(13)14)18-8(7)11/h4,15H,2-3,5H2,1H3,(H,13,14). The highest BCUT2D eigenvalue weighted by atomic mass is 79.9. The fraction of sp³-hybridized carbons (Fsp3) is 0.500. The van der Waals surface area contributed by atoms with Crippen LogP contribution < -0.4 is 0 Å².